The van der Waals surface area contributed by atoms with Gasteiger partial charge >= 0.3 is 6.03 Å². The number of aromatic nitrogens is 1. The maximum atomic E-state index is 11.7. The van der Waals surface area contributed by atoms with E-state index in [-0.39, 0.29) is 11.6 Å². The van der Waals surface area contributed by atoms with Crippen LogP contribution in [-0.2, 0) is 0 Å². The first-order valence-corrected chi connectivity index (χ1v) is 5.57. The number of carbonyl (C=O) groups is 1. The van der Waals surface area contributed by atoms with Crippen molar-refractivity contribution in [2.24, 2.45) is 5.92 Å². The second-order valence-corrected chi connectivity index (χ2v) is 4.81. The molecular formula is C12H17N3O. The molecule has 1 fully saturated rings. The zero-order valence-electron chi connectivity index (χ0n) is 9.66. The average Bonchev–Trinajstić information content (AvgIpc) is 3.01. The zero-order chi connectivity index (χ0) is 11.6. The summed E-state index contributed by atoms with van der Waals surface area (Å²) in [5.74, 6) is 0.621. The molecular weight excluding hydrogens is 202 g/mol. The molecule has 0 spiro atoms. The lowest BCUT2D eigenvalue weighted by molar-refractivity contribution is 0.237. The Kier molecular flexibility index (Phi) is 2.81. The van der Waals surface area contributed by atoms with E-state index < -0.39 is 0 Å². The molecule has 0 saturated heterocycles. The Hall–Kier alpha value is -1.58. The molecule has 4 nitrogen and oxygen atoms in total. The van der Waals surface area contributed by atoms with Gasteiger partial charge < -0.3 is 10.6 Å². The molecule has 0 radical (unpaired) electrons. The van der Waals surface area contributed by atoms with Crippen molar-refractivity contribution in [1.82, 2.24) is 10.3 Å². The number of nitrogens with zero attached hydrogens (tertiary/aromatic N) is 1. The van der Waals surface area contributed by atoms with E-state index in [2.05, 4.69) is 29.5 Å². The Morgan fingerprint density at radius 2 is 2.00 bits per heavy atom. The van der Waals surface area contributed by atoms with E-state index in [0.717, 1.165) is 5.69 Å². The Balaban J connectivity index is 1.89. The van der Waals surface area contributed by atoms with Gasteiger partial charge in [0.15, 0.2) is 0 Å². The molecule has 1 heterocycles. The highest BCUT2D eigenvalue weighted by Crippen LogP contribution is 2.39. The van der Waals surface area contributed by atoms with E-state index >= 15 is 0 Å². The highest BCUT2D eigenvalue weighted by atomic mass is 16.2. The van der Waals surface area contributed by atoms with Crippen molar-refractivity contribution in [2.45, 2.75) is 32.2 Å². The topological polar surface area (TPSA) is 54.0 Å². The molecule has 86 valence electrons. The van der Waals surface area contributed by atoms with Crippen LogP contribution in [-0.4, -0.2) is 16.6 Å². The van der Waals surface area contributed by atoms with E-state index in [9.17, 15) is 4.79 Å². The van der Waals surface area contributed by atoms with Gasteiger partial charge in [-0.05, 0) is 44.7 Å². The fraction of sp³-hybridized carbons (Fsp3) is 0.500. The van der Waals surface area contributed by atoms with Crippen molar-refractivity contribution in [3.63, 3.8) is 0 Å². The van der Waals surface area contributed by atoms with Gasteiger partial charge in [0, 0.05) is 23.6 Å². The fourth-order valence-electron chi connectivity index (χ4n) is 1.80. The SMILES string of the molecule is CC(C)(NC(=O)Nc1ccncc1)C1CC1. The van der Waals surface area contributed by atoms with E-state index in [0.29, 0.717) is 5.92 Å². The quantitative estimate of drug-likeness (QED) is 0.820. The number of nitrogens with one attached hydrogen (secondary N) is 2. The Morgan fingerprint density at radius 1 is 1.38 bits per heavy atom. The normalized spacial score (nSPS) is 15.6. The van der Waals surface area contributed by atoms with Gasteiger partial charge in [-0.15, -0.1) is 0 Å². The first-order chi connectivity index (χ1) is 7.58. The van der Waals surface area contributed by atoms with Gasteiger partial charge in [0.25, 0.3) is 0 Å². The minimum atomic E-state index is -0.150. The molecule has 2 N–H and O–H groups in total. The van der Waals surface area contributed by atoms with Gasteiger partial charge in [0.2, 0.25) is 0 Å². The summed E-state index contributed by atoms with van der Waals surface area (Å²) in [6.07, 6.45) is 5.73. The Labute approximate surface area is 95.5 Å². The molecule has 1 aromatic rings. The molecule has 2 rings (SSSR count). The van der Waals surface area contributed by atoms with Crippen LogP contribution < -0.4 is 10.6 Å². The standard InChI is InChI=1S/C12H17N3O/c1-12(2,9-3-4-9)15-11(16)14-10-5-7-13-8-6-10/h5-9H,3-4H2,1-2H3,(H2,13,14,15,16). The maximum Gasteiger partial charge on any atom is 0.319 e. The van der Waals surface area contributed by atoms with Crippen LogP contribution in [0.4, 0.5) is 10.5 Å². The van der Waals surface area contributed by atoms with E-state index in [4.69, 9.17) is 0 Å². The van der Waals surface area contributed by atoms with Crippen LogP contribution in [0.3, 0.4) is 0 Å². The molecule has 4 heteroatoms. The van der Waals surface area contributed by atoms with E-state index in [1.807, 2.05) is 0 Å². The molecule has 1 aliphatic carbocycles. The van der Waals surface area contributed by atoms with Gasteiger partial charge in [-0.25, -0.2) is 4.79 Å². The predicted octanol–water partition coefficient (Wildman–Crippen LogP) is 2.39. The molecule has 1 aliphatic rings. The number of rotatable bonds is 3. The largest absolute Gasteiger partial charge is 0.333 e. The molecule has 2 amide bonds. The molecule has 0 bridgehead atoms. The van der Waals surface area contributed by atoms with Crippen molar-refractivity contribution in [2.75, 3.05) is 5.32 Å². The molecule has 1 aromatic heterocycles. The molecule has 0 aliphatic heterocycles. The number of pyridine rings is 1. The lowest BCUT2D eigenvalue weighted by atomic mass is 9.99. The monoisotopic (exact) mass is 219 g/mol. The number of anilines is 1. The molecule has 0 atom stereocenters. The third-order valence-electron chi connectivity index (χ3n) is 2.97. The summed E-state index contributed by atoms with van der Waals surface area (Å²) in [5, 5.41) is 5.79. The summed E-state index contributed by atoms with van der Waals surface area (Å²) in [4.78, 5) is 15.6. The van der Waals surface area contributed by atoms with Crippen LogP contribution in [0.1, 0.15) is 26.7 Å². The summed E-state index contributed by atoms with van der Waals surface area (Å²) in [5.41, 5.74) is 0.649. The van der Waals surface area contributed by atoms with Crippen molar-refractivity contribution < 1.29 is 4.79 Å². The first-order valence-electron chi connectivity index (χ1n) is 5.57. The van der Waals surface area contributed by atoms with Crippen LogP contribution in [0.2, 0.25) is 0 Å². The number of hydrogen-bond acceptors (Lipinski definition) is 2. The number of urea groups is 1. The Morgan fingerprint density at radius 3 is 2.56 bits per heavy atom. The third-order valence-corrected chi connectivity index (χ3v) is 2.97. The van der Waals surface area contributed by atoms with Crippen LogP contribution in [0.5, 0.6) is 0 Å². The van der Waals surface area contributed by atoms with Crippen molar-refractivity contribution in [1.29, 1.82) is 0 Å². The number of amides is 2. The smallest absolute Gasteiger partial charge is 0.319 e. The lowest BCUT2D eigenvalue weighted by Crippen LogP contribution is -2.47. The van der Waals surface area contributed by atoms with E-state index in [1.165, 1.54) is 12.8 Å². The zero-order valence-corrected chi connectivity index (χ0v) is 9.66. The minimum absolute atomic E-state index is 0.114. The predicted molar refractivity (Wildman–Crippen MR) is 63.2 cm³/mol. The van der Waals surface area contributed by atoms with Crippen molar-refractivity contribution in [3.05, 3.63) is 24.5 Å². The second kappa shape index (κ2) is 4.12. The van der Waals surface area contributed by atoms with Gasteiger partial charge in [-0.2, -0.15) is 0 Å². The summed E-state index contributed by atoms with van der Waals surface area (Å²) in [6, 6.07) is 3.39. The second-order valence-electron chi connectivity index (χ2n) is 4.81. The summed E-state index contributed by atoms with van der Waals surface area (Å²) in [6.45, 7) is 4.13. The fourth-order valence-corrected chi connectivity index (χ4v) is 1.80. The van der Waals surface area contributed by atoms with Crippen molar-refractivity contribution in [3.8, 4) is 0 Å². The average molecular weight is 219 g/mol. The summed E-state index contributed by atoms with van der Waals surface area (Å²) in [7, 11) is 0. The minimum Gasteiger partial charge on any atom is -0.333 e. The summed E-state index contributed by atoms with van der Waals surface area (Å²) >= 11 is 0. The molecule has 1 saturated carbocycles. The number of carbonyl (C=O) groups excluding carboxylic acids is 1. The molecule has 0 unspecified atom stereocenters. The van der Waals surface area contributed by atoms with Gasteiger partial charge in [-0.3, -0.25) is 4.98 Å². The Bertz CT molecular complexity index is 371. The lowest BCUT2D eigenvalue weighted by Gasteiger charge is -2.26. The van der Waals surface area contributed by atoms with Gasteiger partial charge in [-0.1, -0.05) is 0 Å². The molecule has 0 aromatic carbocycles. The van der Waals surface area contributed by atoms with E-state index in [1.54, 1.807) is 24.5 Å². The third kappa shape index (κ3) is 2.72. The molecule has 16 heavy (non-hydrogen) atoms. The van der Waals surface area contributed by atoms with Gasteiger partial charge in [0.1, 0.15) is 0 Å². The van der Waals surface area contributed by atoms with Gasteiger partial charge in [0.05, 0.1) is 0 Å². The highest BCUT2D eigenvalue weighted by molar-refractivity contribution is 5.89. The van der Waals surface area contributed by atoms with Crippen molar-refractivity contribution >= 4 is 11.7 Å². The number of hydrogen-bond donors (Lipinski definition) is 2. The summed E-state index contributed by atoms with van der Waals surface area (Å²) < 4.78 is 0. The van der Waals surface area contributed by atoms with Crippen LogP contribution >= 0.6 is 0 Å². The first kappa shape index (κ1) is 10.9. The maximum absolute atomic E-state index is 11.7. The van der Waals surface area contributed by atoms with Crippen LogP contribution in [0.15, 0.2) is 24.5 Å². The highest BCUT2D eigenvalue weighted by Gasteiger charge is 2.38. The van der Waals surface area contributed by atoms with Crippen LogP contribution in [0, 0.1) is 5.92 Å². The van der Waals surface area contributed by atoms with Crippen LogP contribution in [0.25, 0.3) is 0 Å².